The number of benzene rings is 2. The highest BCUT2D eigenvalue weighted by Crippen LogP contribution is 2.32. The molecule has 0 aliphatic carbocycles. The van der Waals surface area contributed by atoms with Gasteiger partial charge >= 0.3 is 6.18 Å². The Balaban J connectivity index is 1.83. The number of nitrogens with two attached hydrogens (primary N) is 1. The van der Waals surface area contributed by atoms with Crippen LogP contribution in [0, 0.1) is 5.82 Å². The van der Waals surface area contributed by atoms with Crippen LogP contribution in [0.4, 0.5) is 23.2 Å². The summed E-state index contributed by atoms with van der Waals surface area (Å²) < 4.78 is 52.8. The first kappa shape index (κ1) is 21.3. The van der Waals surface area contributed by atoms with Crippen LogP contribution in [0.15, 0.2) is 53.6 Å². The van der Waals surface area contributed by atoms with Gasteiger partial charge in [0.1, 0.15) is 17.6 Å². The summed E-state index contributed by atoms with van der Waals surface area (Å²) in [6, 6.07) is 9.09. The fourth-order valence-corrected chi connectivity index (χ4v) is 3.18. The van der Waals surface area contributed by atoms with E-state index in [0.717, 1.165) is 11.0 Å². The van der Waals surface area contributed by atoms with E-state index in [1.54, 1.807) is 0 Å². The molecule has 0 spiro atoms. The molecule has 6 nitrogen and oxygen atoms in total. The molecule has 158 valence electrons. The average Bonchev–Trinajstić information content (AvgIpc) is 3.13. The molecule has 1 heterocycles. The lowest BCUT2D eigenvalue weighted by molar-refractivity contribution is -0.139. The number of rotatable bonds is 5. The van der Waals surface area contributed by atoms with E-state index in [0.29, 0.717) is 5.69 Å². The predicted molar refractivity (Wildman–Crippen MR) is 102 cm³/mol. The van der Waals surface area contributed by atoms with Crippen molar-refractivity contribution in [3.05, 3.63) is 65.5 Å². The zero-order valence-corrected chi connectivity index (χ0v) is 15.9. The lowest BCUT2D eigenvalue weighted by Gasteiger charge is -2.20. The number of carbonyl (C=O) groups is 2. The highest BCUT2D eigenvalue weighted by atomic mass is 19.4. The molecular formula is C20H18F4N4O2. The fourth-order valence-electron chi connectivity index (χ4n) is 3.18. The summed E-state index contributed by atoms with van der Waals surface area (Å²) in [5.74, 6) is -1.87. The van der Waals surface area contributed by atoms with Gasteiger partial charge in [0.15, 0.2) is 0 Å². The molecule has 0 saturated heterocycles. The monoisotopic (exact) mass is 422 g/mol. The van der Waals surface area contributed by atoms with E-state index in [4.69, 9.17) is 5.73 Å². The Morgan fingerprint density at radius 3 is 2.40 bits per heavy atom. The number of hydrogen-bond donors (Lipinski definition) is 1. The molecule has 1 aliphatic rings. The highest BCUT2D eigenvalue weighted by molar-refractivity contribution is 6.40. The molecule has 1 unspecified atom stereocenters. The van der Waals surface area contributed by atoms with Crippen LogP contribution >= 0.6 is 0 Å². The van der Waals surface area contributed by atoms with Gasteiger partial charge in [0, 0.05) is 20.0 Å². The second-order valence-corrected chi connectivity index (χ2v) is 6.81. The Hall–Kier alpha value is -3.43. The van der Waals surface area contributed by atoms with Gasteiger partial charge in [0.2, 0.25) is 5.91 Å². The molecule has 2 aromatic carbocycles. The van der Waals surface area contributed by atoms with Crippen molar-refractivity contribution in [1.29, 1.82) is 0 Å². The van der Waals surface area contributed by atoms with Crippen LogP contribution in [0.1, 0.15) is 17.5 Å². The van der Waals surface area contributed by atoms with Crippen molar-refractivity contribution in [1.82, 2.24) is 4.90 Å². The van der Waals surface area contributed by atoms with Gasteiger partial charge in [0.05, 0.1) is 11.3 Å². The maximum absolute atomic E-state index is 13.2. The smallest absolute Gasteiger partial charge is 0.368 e. The van der Waals surface area contributed by atoms with Crippen LogP contribution in [0.3, 0.4) is 0 Å². The van der Waals surface area contributed by atoms with Gasteiger partial charge in [-0.1, -0.05) is 18.2 Å². The van der Waals surface area contributed by atoms with Gasteiger partial charge in [0.25, 0.3) is 5.91 Å². The zero-order valence-electron chi connectivity index (χ0n) is 15.9. The van der Waals surface area contributed by atoms with Gasteiger partial charge in [-0.2, -0.15) is 18.3 Å². The first-order valence-corrected chi connectivity index (χ1v) is 8.90. The quantitative estimate of drug-likeness (QED) is 0.753. The summed E-state index contributed by atoms with van der Waals surface area (Å²) in [6.45, 7) is -0.300. The number of alkyl halides is 3. The Morgan fingerprint density at radius 2 is 1.80 bits per heavy atom. The molecule has 2 aromatic rings. The predicted octanol–water partition coefficient (Wildman–Crippen LogP) is 2.92. The number of nitrogens with zero attached hydrogens (tertiary/aromatic N) is 3. The van der Waals surface area contributed by atoms with Crippen molar-refractivity contribution >= 4 is 23.2 Å². The largest absolute Gasteiger partial charge is 0.416 e. The van der Waals surface area contributed by atoms with Crippen molar-refractivity contribution < 1.29 is 27.2 Å². The molecule has 0 radical (unpaired) electrons. The van der Waals surface area contributed by atoms with E-state index in [2.05, 4.69) is 5.10 Å². The average molecular weight is 422 g/mol. The second kappa shape index (κ2) is 8.13. The van der Waals surface area contributed by atoms with Gasteiger partial charge in [-0.3, -0.25) is 14.6 Å². The summed E-state index contributed by atoms with van der Waals surface area (Å²) in [6.07, 6.45) is -4.67. The van der Waals surface area contributed by atoms with Crippen LogP contribution in [0.25, 0.3) is 0 Å². The molecule has 0 saturated carbocycles. The number of primary amides is 1. The standard InChI is InChI=1S/C20H18F4N4O2/c1-27(11-12-4-2-3-5-15(12)20(22,23)24)19(30)16-10-17(18(25)29)28(26-16)14-8-6-13(21)7-9-14/h2-9,17H,10-11H2,1H3,(H2,25,29). The summed E-state index contributed by atoms with van der Waals surface area (Å²) in [7, 11) is 1.35. The first-order valence-electron chi connectivity index (χ1n) is 8.90. The first-order chi connectivity index (χ1) is 14.1. The maximum atomic E-state index is 13.2. The minimum absolute atomic E-state index is 0.0323. The third-order valence-electron chi connectivity index (χ3n) is 4.65. The third-order valence-corrected chi connectivity index (χ3v) is 4.65. The summed E-state index contributed by atoms with van der Waals surface area (Å²) in [4.78, 5) is 25.7. The van der Waals surface area contributed by atoms with E-state index >= 15 is 0 Å². The third kappa shape index (κ3) is 4.42. The van der Waals surface area contributed by atoms with Crippen LogP contribution in [0.2, 0.25) is 0 Å². The number of carbonyl (C=O) groups excluding carboxylic acids is 2. The number of hydrogen-bond acceptors (Lipinski definition) is 4. The summed E-state index contributed by atoms with van der Waals surface area (Å²) in [5, 5.41) is 5.35. The van der Waals surface area contributed by atoms with Crippen molar-refractivity contribution in [3.63, 3.8) is 0 Å². The molecule has 1 atom stereocenters. The molecule has 0 aromatic heterocycles. The Morgan fingerprint density at radius 1 is 1.17 bits per heavy atom. The van der Waals surface area contributed by atoms with E-state index in [1.165, 1.54) is 54.5 Å². The molecule has 30 heavy (non-hydrogen) atoms. The second-order valence-electron chi connectivity index (χ2n) is 6.81. The van der Waals surface area contributed by atoms with Crippen LogP contribution in [-0.4, -0.2) is 35.5 Å². The van der Waals surface area contributed by atoms with Gasteiger partial charge in [-0.25, -0.2) is 4.39 Å². The highest BCUT2D eigenvalue weighted by Gasteiger charge is 2.37. The molecule has 10 heteroatoms. The van der Waals surface area contributed by atoms with Crippen molar-refractivity contribution in [2.45, 2.75) is 25.2 Å². The maximum Gasteiger partial charge on any atom is 0.416 e. The van der Waals surface area contributed by atoms with Crippen LogP contribution < -0.4 is 10.7 Å². The molecule has 2 amide bonds. The molecule has 0 bridgehead atoms. The van der Waals surface area contributed by atoms with Gasteiger partial charge in [-0.15, -0.1) is 0 Å². The number of anilines is 1. The van der Waals surface area contributed by atoms with Crippen LogP contribution in [0.5, 0.6) is 0 Å². The van der Waals surface area contributed by atoms with Crippen molar-refractivity contribution in [3.8, 4) is 0 Å². The zero-order chi connectivity index (χ0) is 22.1. The van der Waals surface area contributed by atoms with Crippen molar-refractivity contribution in [2.75, 3.05) is 12.1 Å². The van der Waals surface area contributed by atoms with Crippen molar-refractivity contribution in [2.24, 2.45) is 10.8 Å². The minimum atomic E-state index is -4.55. The number of halogens is 4. The van der Waals surface area contributed by atoms with E-state index < -0.39 is 35.4 Å². The summed E-state index contributed by atoms with van der Waals surface area (Å²) in [5.41, 5.74) is 4.83. The molecule has 1 aliphatic heterocycles. The topological polar surface area (TPSA) is 79.0 Å². The fraction of sp³-hybridized carbons (Fsp3) is 0.250. The molecule has 2 N–H and O–H groups in total. The molecular weight excluding hydrogens is 404 g/mol. The lowest BCUT2D eigenvalue weighted by Crippen LogP contribution is -2.40. The minimum Gasteiger partial charge on any atom is -0.368 e. The number of hydrazone groups is 1. The Labute approximate surface area is 169 Å². The van der Waals surface area contributed by atoms with Gasteiger partial charge < -0.3 is 10.6 Å². The van der Waals surface area contributed by atoms with E-state index in [-0.39, 0.29) is 24.2 Å². The summed E-state index contributed by atoms with van der Waals surface area (Å²) >= 11 is 0. The Bertz CT molecular complexity index is 989. The lowest BCUT2D eigenvalue weighted by atomic mass is 10.1. The normalized spacial score (nSPS) is 16.4. The molecule has 0 fully saturated rings. The molecule has 3 rings (SSSR count). The van der Waals surface area contributed by atoms with E-state index in [9.17, 15) is 27.2 Å². The SMILES string of the molecule is CN(Cc1ccccc1C(F)(F)F)C(=O)C1=NN(c2ccc(F)cc2)C(C(N)=O)C1. The number of amides is 2. The van der Waals surface area contributed by atoms with Crippen LogP contribution in [-0.2, 0) is 22.3 Å². The van der Waals surface area contributed by atoms with Gasteiger partial charge in [-0.05, 0) is 35.9 Å². The Kier molecular flexibility index (Phi) is 5.77. The van der Waals surface area contributed by atoms with E-state index in [1.807, 2.05) is 0 Å².